The Balaban J connectivity index is 1.56. The van der Waals surface area contributed by atoms with E-state index in [1.54, 1.807) is 44.2 Å². The van der Waals surface area contributed by atoms with Gasteiger partial charge in [-0.15, -0.1) is 0 Å². The van der Waals surface area contributed by atoms with Crippen LogP contribution < -0.4 is 10.1 Å². The molecule has 2 aromatic carbocycles. The van der Waals surface area contributed by atoms with Gasteiger partial charge in [0.2, 0.25) is 0 Å². The fraction of sp³-hybridized carbons (Fsp3) is 0.190. The number of hydrogen-bond donors (Lipinski definition) is 1. The van der Waals surface area contributed by atoms with Gasteiger partial charge in [0.1, 0.15) is 11.6 Å². The van der Waals surface area contributed by atoms with E-state index in [-0.39, 0.29) is 35.5 Å². The second-order valence-electron chi connectivity index (χ2n) is 6.56. The minimum absolute atomic E-state index is 0.190. The van der Waals surface area contributed by atoms with Crippen LogP contribution in [0.5, 0.6) is 5.75 Å². The number of carbonyl (C=O) groups is 3. The summed E-state index contributed by atoms with van der Waals surface area (Å²) in [6.07, 6.45) is 1.65. The van der Waals surface area contributed by atoms with Gasteiger partial charge in [0, 0.05) is 11.7 Å². The van der Waals surface area contributed by atoms with Crippen molar-refractivity contribution < 1.29 is 23.5 Å². The zero-order valence-corrected chi connectivity index (χ0v) is 16.7. The summed E-state index contributed by atoms with van der Waals surface area (Å²) in [6, 6.07) is 12.0. The van der Waals surface area contributed by atoms with Gasteiger partial charge in [0.25, 0.3) is 17.1 Å². The van der Waals surface area contributed by atoms with E-state index in [1.165, 1.54) is 29.2 Å². The summed E-state index contributed by atoms with van der Waals surface area (Å²) in [5.41, 5.74) is 1.22. The Kier molecular flexibility index (Phi) is 6.33. The largest absolute Gasteiger partial charge is 0.484 e. The number of imide groups is 1. The third-order valence-electron chi connectivity index (χ3n) is 4.02. The van der Waals surface area contributed by atoms with Crippen molar-refractivity contribution in [2.24, 2.45) is 0 Å². The molecule has 1 heterocycles. The van der Waals surface area contributed by atoms with Gasteiger partial charge in [-0.3, -0.25) is 19.3 Å². The Hall–Kier alpha value is -3.13. The van der Waals surface area contributed by atoms with Crippen molar-refractivity contribution in [3.8, 4) is 5.75 Å². The number of carbonyl (C=O) groups excluding carboxylic acids is 3. The highest BCUT2D eigenvalue weighted by molar-refractivity contribution is 8.18. The molecule has 3 rings (SSSR count). The van der Waals surface area contributed by atoms with Crippen molar-refractivity contribution in [1.29, 1.82) is 0 Å². The Morgan fingerprint density at radius 2 is 1.79 bits per heavy atom. The van der Waals surface area contributed by atoms with Crippen LogP contribution in [0.2, 0.25) is 0 Å². The molecule has 0 spiro atoms. The summed E-state index contributed by atoms with van der Waals surface area (Å²) in [5.74, 6) is -0.573. The average molecular weight is 414 g/mol. The van der Waals surface area contributed by atoms with Crippen molar-refractivity contribution in [3.63, 3.8) is 0 Å². The fourth-order valence-corrected chi connectivity index (χ4v) is 3.58. The molecule has 1 aliphatic rings. The Morgan fingerprint density at radius 1 is 1.14 bits per heavy atom. The predicted molar refractivity (Wildman–Crippen MR) is 110 cm³/mol. The molecule has 0 bridgehead atoms. The highest BCUT2D eigenvalue weighted by Gasteiger charge is 2.36. The van der Waals surface area contributed by atoms with Crippen molar-refractivity contribution in [2.75, 3.05) is 11.9 Å². The molecule has 0 atom stereocenters. The highest BCUT2D eigenvalue weighted by atomic mass is 32.2. The van der Waals surface area contributed by atoms with Gasteiger partial charge < -0.3 is 10.1 Å². The third-order valence-corrected chi connectivity index (χ3v) is 4.90. The lowest BCUT2D eigenvalue weighted by molar-refractivity contribution is -0.123. The van der Waals surface area contributed by atoms with Gasteiger partial charge in [-0.25, -0.2) is 4.39 Å². The van der Waals surface area contributed by atoms with E-state index in [0.29, 0.717) is 16.3 Å². The maximum Gasteiger partial charge on any atom is 0.293 e. The number of amides is 3. The summed E-state index contributed by atoms with van der Waals surface area (Å²) >= 11 is 0.916. The summed E-state index contributed by atoms with van der Waals surface area (Å²) in [5, 5.41) is 2.33. The molecule has 0 radical (unpaired) electrons. The first kappa shape index (κ1) is 20.6. The van der Waals surface area contributed by atoms with E-state index in [2.05, 4.69) is 5.32 Å². The lowest BCUT2D eigenvalue weighted by atomic mass is 10.2. The van der Waals surface area contributed by atoms with Crippen LogP contribution in [0.3, 0.4) is 0 Å². The van der Waals surface area contributed by atoms with Gasteiger partial charge in [-0.2, -0.15) is 0 Å². The topological polar surface area (TPSA) is 75.7 Å². The number of hydrogen-bond acceptors (Lipinski definition) is 5. The summed E-state index contributed by atoms with van der Waals surface area (Å²) in [4.78, 5) is 37.7. The molecule has 8 heteroatoms. The van der Waals surface area contributed by atoms with Crippen LogP contribution >= 0.6 is 11.8 Å². The number of nitrogens with zero attached hydrogens (tertiary/aromatic N) is 1. The van der Waals surface area contributed by atoms with Crippen LogP contribution in [-0.4, -0.2) is 34.6 Å². The molecule has 1 N–H and O–H groups in total. The van der Waals surface area contributed by atoms with Gasteiger partial charge in [0.15, 0.2) is 6.61 Å². The zero-order chi connectivity index (χ0) is 21.0. The van der Waals surface area contributed by atoms with Crippen LogP contribution in [0.4, 0.5) is 14.9 Å². The second kappa shape index (κ2) is 8.91. The van der Waals surface area contributed by atoms with E-state index in [9.17, 15) is 18.8 Å². The summed E-state index contributed by atoms with van der Waals surface area (Å²) < 4.78 is 18.3. The fourth-order valence-electron chi connectivity index (χ4n) is 2.62. The number of anilines is 1. The molecule has 2 aromatic rings. The van der Waals surface area contributed by atoms with Crippen molar-refractivity contribution in [1.82, 2.24) is 4.90 Å². The maximum absolute atomic E-state index is 12.9. The third kappa shape index (κ3) is 5.23. The van der Waals surface area contributed by atoms with Crippen molar-refractivity contribution >= 4 is 40.6 Å². The van der Waals surface area contributed by atoms with Crippen LogP contribution in [-0.2, 0) is 9.59 Å². The quantitative estimate of drug-likeness (QED) is 0.714. The Morgan fingerprint density at radius 3 is 2.38 bits per heavy atom. The van der Waals surface area contributed by atoms with Crippen molar-refractivity contribution in [3.05, 3.63) is 64.8 Å². The second-order valence-corrected chi connectivity index (χ2v) is 7.55. The molecule has 1 fully saturated rings. The van der Waals surface area contributed by atoms with Crippen LogP contribution in [0.25, 0.3) is 6.08 Å². The standard InChI is InChI=1S/C21H19FN2O4S/c1-13(2)24-20(26)18(29-21(24)27)11-14-3-9-17(10-4-14)28-12-19(25)23-16-7-5-15(22)6-8-16/h3-11,13H,12H2,1-2H3,(H,23,25)/b18-11+. The van der Waals surface area contributed by atoms with Gasteiger partial charge in [0.05, 0.1) is 4.91 Å². The lowest BCUT2D eigenvalue weighted by Crippen LogP contribution is -2.34. The number of benzene rings is 2. The number of ether oxygens (including phenoxy) is 1. The smallest absolute Gasteiger partial charge is 0.293 e. The molecule has 0 saturated carbocycles. The van der Waals surface area contributed by atoms with Gasteiger partial charge in [-0.05, 0) is 73.6 Å². The first-order chi connectivity index (χ1) is 13.8. The molecular weight excluding hydrogens is 395 g/mol. The Labute approximate surface area is 171 Å². The first-order valence-electron chi connectivity index (χ1n) is 8.89. The number of rotatable bonds is 6. The molecular formula is C21H19FN2O4S. The van der Waals surface area contributed by atoms with E-state index in [1.807, 2.05) is 0 Å². The average Bonchev–Trinajstić information content (AvgIpc) is 2.96. The molecule has 150 valence electrons. The zero-order valence-electron chi connectivity index (χ0n) is 15.8. The van der Waals surface area contributed by atoms with E-state index < -0.39 is 0 Å². The van der Waals surface area contributed by atoms with Crippen LogP contribution in [0.1, 0.15) is 19.4 Å². The van der Waals surface area contributed by atoms with Crippen molar-refractivity contribution in [2.45, 2.75) is 19.9 Å². The molecule has 0 aliphatic carbocycles. The lowest BCUT2D eigenvalue weighted by Gasteiger charge is -2.16. The highest BCUT2D eigenvalue weighted by Crippen LogP contribution is 2.33. The first-order valence-corrected chi connectivity index (χ1v) is 9.70. The number of nitrogens with one attached hydrogen (secondary N) is 1. The minimum Gasteiger partial charge on any atom is -0.484 e. The summed E-state index contributed by atoms with van der Waals surface area (Å²) in [6.45, 7) is 3.37. The van der Waals surface area contributed by atoms with Crippen LogP contribution in [0, 0.1) is 5.82 Å². The van der Waals surface area contributed by atoms with E-state index in [0.717, 1.165) is 17.3 Å². The molecule has 0 aromatic heterocycles. The molecule has 29 heavy (non-hydrogen) atoms. The normalized spacial score (nSPS) is 15.3. The van der Waals surface area contributed by atoms with E-state index >= 15 is 0 Å². The summed E-state index contributed by atoms with van der Waals surface area (Å²) in [7, 11) is 0. The van der Waals surface area contributed by atoms with Gasteiger partial charge in [-0.1, -0.05) is 12.1 Å². The van der Waals surface area contributed by atoms with Crippen LogP contribution in [0.15, 0.2) is 53.4 Å². The van der Waals surface area contributed by atoms with Gasteiger partial charge >= 0.3 is 0 Å². The minimum atomic E-state index is -0.381. The molecule has 0 unspecified atom stereocenters. The van der Waals surface area contributed by atoms with E-state index in [4.69, 9.17) is 4.74 Å². The molecule has 6 nitrogen and oxygen atoms in total. The molecule has 3 amide bonds. The SMILES string of the molecule is CC(C)N1C(=O)S/C(=C/c2ccc(OCC(=O)Nc3ccc(F)cc3)cc2)C1=O. The molecule has 1 aliphatic heterocycles. The maximum atomic E-state index is 12.9. The number of halogens is 1. The monoisotopic (exact) mass is 414 g/mol. The molecule has 1 saturated heterocycles. The Bertz CT molecular complexity index is 956. The number of thioether (sulfide) groups is 1. The predicted octanol–water partition coefficient (Wildman–Crippen LogP) is 4.29.